The summed E-state index contributed by atoms with van der Waals surface area (Å²) in [5.74, 6) is 0.382. The van der Waals surface area contributed by atoms with Crippen LogP contribution in [0, 0.1) is 0 Å². The lowest BCUT2D eigenvalue weighted by Crippen LogP contribution is -2.13. The molecule has 0 aliphatic heterocycles. The molecule has 1 heterocycles. The molecule has 0 atom stereocenters. The topological polar surface area (TPSA) is 83.8 Å². The second-order valence-electron chi connectivity index (χ2n) is 3.73. The van der Waals surface area contributed by atoms with Gasteiger partial charge in [-0.15, -0.1) is 0 Å². The maximum absolute atomic E-state index is 11.6. The van der Waals surface area contributed by atoms with Crippen molar-refractivity contribution in [3.05, 3.63) is 42.1 Å². The Bertz CT molecular complexity index is 492. The Balaban J connectivity index is 1.85. The number of nitrogens with two attached hydrogens (primary N) is 1. The highest BCUT2D eigenvalue weighted by Crippen LogP contribution is 2.13. The van der Waals surface area contributed by atoms with Crippen LogP contribution < -0.4 is 11.1 Å². The summed E-state index contributed by atoms with van der Waals surface area (Å²) in [4.78, 5) is 11.6. The number of anilines is 2. The van der Waals surface area contributed by atoms with E-state index in [-0.39, 0.29) is 5.91 Å². The summed E-state index contributed by atoms with van der Waals surface area (Å²) in [6.07, 6.45) is 2.59. The van der Waals surface area contributed by atoms with Crippen molar-refractivity contribution in [2.75, 3.05) is 11.1 Å². The first kappa shape index (κ1) is 11.2. The zero-order valence-electron chi connectivity index (χ0n) is 9.31. The molecule has 1 aromatic carbocycles. The Labute approximate surface area is 99.0 Å². The van der Waals surface area contributed by atoms with Crippen LogP contribution in [-0.2, 0) is 11.2 Å². The number of hydrogen-bond donors (Lipinski definition) is 3. The van der Waals surface area contributed by atoms with Crippen LogP contribution >= 0.6 is 0 Å². The van der Waals surface area contributed by atoms with Gasteiger partial charge in [-0.3, -0.25) is 9.89 Å². The first-order chi connectivity index (χ1) is 8.25. The van der Waals surface area contributed by atoms with Gasteiger partial charge in [0, 0.05) is 6.42 Å². The number of aryl methyl sites for hydroxylation is 1. The van der Waals surface area contributed by atoms with E-state index < -0.39 is 0 Å². The predicted octanol–water partition coefficient (Wildman–Crippen LogP) is 1.56. The zero-order valence-corrected chi connectivity index (χ0v) is 9.31. The third-order valence-corrected chi connectivity index (χ3v) is 2.42. The van der Waals surface area contributed by atoms with Gasteiger partial charge < -0.3 is 11.1 Å². The Morgan fingerprint density at radius 2 is 2.12 bits per heavy atom. The summed E-state index contributed by atoms with van der Waals surface area (Å²) < 4.78 is 0. The van der Waals surface area contributed by atoms with Crippen LogP contribution in [-0.4, -0.2) is 16.1 Å². The van der Waals surface area contributed by atoms with Gasteiger partial charge in [-0.25, -0.2) is 0 Å². The summed E-state index contributed by atoms with van der Waals surface area (Å²) in [5, 5.41) is 9.03. The van der Waals surface area contributed by atoms with Gasteiger partial charge in [0.05, 0.1) is 11.9 Å². The number of nitrogen functional groups attached to an aromatic ring is 1. The molecule has 88 valence electrons. The molecular weight excluding hydrogens is 216 g/mol. The molecule has 1 amide bonds. The molecule has 4 N–H and O–H groups in total. The summed E-state index contributed by atoms with van der Waals surface area (Å²) in [7, 11) is 0. The Hall–Kier alpha value is -2.30. The van der Waals surface area contributed by atoms with Crippen molar-refractivity contribution in [2.24, 2.45) is 0 Å². The van der Waals surface area contributed by atoms with Gasteiger partial charge in [-0.1, -0.05) is 30.3 Å². The molecule has 0 bridgehead atoms. The van der Waals surface area contributed by atoms with Crippen molar-refractivity contribution in [3.63, 3.8) is 0 Å². The summed E-state index contributed by atoms with van der Waals surface area (Å²) in [5.41, 5.74) is 7.17. The molecule has 0 aliphatic carbocycles. The van der Waals surface area contributed by atoms with Crippen LogP contribution in [0.3, 0.4) is 0 Å². The van der Waals surface area contributed by atoms with Crippen LogP contribution in [0.25, 0.3) is 0 Å². The molecule has 0 spiro atoms. The van der Waals surface area contributed by atoms with E-state index in [1.54, 1.807) is 0 Å². The lowest BCUT2D eigenvalue weighted by Gasteiger charge is -2.03. The number of benzene rings is 1. The summed E-state index contributed by atoms with van der Waals surface area (Å²) in [6, 6.07) is 9.87. The SMILES string of the molecule is Nc1cn[nH]c1NC(=O)CCc1ccccc1. The number of rotatable bonds is 4. The van der Waals surface area contributed by atoms with Gasteiger partial charge in [-0.2, -0.15) is 5.10 Å². The van der Waals surface area contributed by atoms with Crippen LogP contribution in [0.4, 0.5) is 11.5 Å². The summed E-state index contributed by atoms with van der Waals surface area (Å²) >= 11 is 0. The molecule has 5 nitrogen and oxygen atoms in total. The van der Waals surface area contributed by atoms with Crippen molar-refractivity contribution in [1.29, 1.82) is 0 Å². The number of carbonyl (C=O) groups excluding carboxylic acids is 1. The van der Waals surface area contributed by atoms with E-state index in [0.717, 1.165) is 5.56 Å². The zero-order chi connectivity index (χ0) is 12.1. The normalized spacial score (nSPS) is 10.1. The highest BCUT2D eigenvalue weighted by atomic mass is 16.1. The van der Waals surface area contributed by atoms with Crippen LogP contribution in [0.2, 0.25) is 0 Å². The Morgan fingerprint density at radius 3 is 2.76 bits per heavy atom. The van der Waals surface area contributed by atoms with Crippen molar-refractivity contribution >= 4 is 17.4 Å². The minimum Gasteiger partial charge on any atom is -0.394 e. The monoisotopic (exact) mass is 230 g/mol. The molecule has 0 saturated heterocycles. The molecular formula is C12H14N4O. The lowest BCUT2D eigenvalue weighted by atomic mass is 10.1. The first-order valence-electron chi connectivity index (χ1n) is 5.38. The van der Waals surface area contributed by atoms with Crippen molar-refractivity contribution in [1.82, 2.24) is 10.2 Å². The van der Waals surface area contributed by atoms with E-state index in [1.165, 1.54) is 6.20 Å². The maximum Gasteiger partial charge on any atom is 0.225 e. The number of carbonyl (C=O) groups is 1. The average Bonchev–Trinajstić information content (AvgIpc) is 2.74. The molecule has 0 saturated carbocycles. The van der Waals surface area contributed by atoms with Crippen LogP contribution in [0.5, 0.6) is 0 Å². The fraction of sp³-hybridized carbons (Fsp3) is 0.167. The number of aromatic amines is 1. The molecule has 0 aliphatic rings. The number of amides is 1. The lowest BCUT2D eigenvalue weighted by molar-refractivity contribution is -0.116. The van der Waals surface area contributed by atoms with E-state index in [4.69, 9.17) is 5.73 Å². The molecule has 2 aromatic rings. The first-order valence-corrected chi connectivity index (χ1v) is 5.38. The molecule has 0 unspecified atom stereocenters. The second kappa shape index (κ2) is 5.16. The maximum atomic E-state index is 11.6. The smallest absolute Gasteiger partial charge is 0.225 e. The fourth-order valence-electron chi connectivity index (χ4n) is 1.50. The van der Waals surface area contributed by atoms with Crippen LogP contribution in [0.1, 0.15) is 12.0 Å². The quantitative estimate of drug-likeness (QED) is 0.745. The largest absolute Gasteiger partial charge is 0.394 e. The Morgan fingerprint density at radius 1 is 1.35 bits per heavy atom. The third kappa shape index (κ3) is 3.07. The van der Waals surface area contributed by atoms with Gasteiger partial charge in [-0.05, 0) is 12.0 Å². The number of nitrogens with zero attached hydrogens (tertiary/aromatic N) is 1. The molecule has 2 rings (SSSR count). The minimum atomic E-state index is -0.0789. The molecule has 17 heavy (non-hydrogen) atoms. The number of H-pyrrole nitrogens is 1. The van der Waals surface area contributed by atoms with Gasteiger partial charge in [0.2, 0.25) is 5.91 Å². The molecule has 1 aromatic heterocycles. The average molecular weight is 230 g/mol. The minimum absolute atomic E-state index is 0.0789. The number of hydrogen-bond acceptors (Lipinski definition) is 3. The summed E-state index contributed by atoms with van der Waals surface area (Å²) in [6.45, 7) is 0. The number of nitrogens with one attached hydrogen (secondary N) is 2. The van der Waals surface area contributed by atoms with Gasteiger partial charge in [0.15, 0.2) is 5.82 Å². The Kier molecular flexibility index (Phi) is 3.40. The van der Waals surface area contributed by atoms with Crippen molar-refractivity contribution in [3.8, 4) is 0 Å². The van der Waals surface area contributed by atoms with E-state index in [9.17, 15) is 4.79 Å². The van der Waals surface area contributed by atoms with Crippen LogP contribution in [0.15, 0.2) is 36.5 Å². The van der Waals surface area contributed by atoms with E-state index in [1.807, 2.05) is 30.3 Å². The van der Waals surface area contributed by atoms with E-state index >= 15 is 0 Å². The predicted molar refractivity (Wildman–Crippen MR) is 66.4 cm³/mol. The van der Waals surface area contributed by atoms with Gasteiger partial charge >= 0.3 is 0 Å². The van der Waals surface area contributed by atoms with Crippen molar-refractivity contribution < 1.29 is 4.79 Å². The standard InChI is InChI=1S/C12H14N4O/c13-10-8-14-16-12(10)15-11(17)7-6-9-4-2-1-3-5-9/h1-5,8H,6-7,13H2,(H2,14,15,16,17). The highest BCUT2D eigenvalue weighted by Gasteiger charge is 2.06. The number of aromatic nitrogens is 2. The van der Waals surface area contributed by atoms with E-state index in [0.29, 0.717) is 24.3 Å². The fourth-order valence-corrected chi connectivity index (χ4v) is 1.50. The van der Waals surface area contributed by atoms with Gasteiger partial charge in [0.1, 0.15) is 0 Å². The van der Waals surface area contributed by atoms with E-state index in [2.05, 4.69) is 15.5 Å². The highest BCUT2D eigenvalue weighted by molar-refractivity contribution is 5.92. The van der Waals surface area contributed by atoms with Gasteiger partial charge in [0.25, 0.3) is 0 Å². The molecule has 0 fully saturated rings. The molecule has 5 heteroatoms. The third-order valence-electron chi connectivity index (χ3n) is 2.42. The second-order valence-corrected chi connectivity index (χ2v) is 3.73. The molecule has 0 radical (unpaired) electrons. The van der Waals surface area contributed by atoms with Crippen molar-refractivity contribution in [2.45, 2.75) is 12.8 Å².